The average molecular weight is 256 g/mol. The van der Waals surface area contributed by atoms with Crippen LogP contribution in [0.1, 0.15) is 25.5 Å². The van der Waals surface area contributed by atoms with Crippen molar-refractivity contribution in [2.45, 2.75) is 25.1 Å². The molecule has 1 saturated heterocycles. The second kappa shape index (κ2) is 5.44. The summed E-state index contributed by atoms with van der Waals surface area (Å²) in [5.41, 5.74) is 1.31. The van der Waals surface area contributed by atoms with Crippen LogP contribution in [-0.4, -0.2) is 17.5 Å². The molecule has 1 N–H and O–H groups in total. The molecule has 1 fully saturated rings. The van der Waals surface area contributed by atoms with Crippen molar-refractivity contribution in [1.29, 1.82) is 0 Å². The molecule has 1 heterocycles. The summed E-state index contributed by atoms with van der Waals surface area (Å²) in [4.78, 5) is 0. The first-order valence-electron chi connectivity index (χ1n) is 5.77. The minimum absolute atomic E-state index is 0.425. The van der Waals surface area contributed by atoms with E-state index < -0.39 is 0 Å². The molecule has 0 radical (unpaired) electrons. The molecule has 1 nitrogen and oxygen atoms in total. The van der Waals surface area contributed by atoms with E-state index in [2.05, 4.69) is 43.1 Å². The third-order valence-corrected chi connectivity index (χ3v) is 4.80. The van der Waals surface area contributed by atoms with Gasteiger partial charge in [-0.2, -0.15) is 11.8 Å². The van der Waals surface area contributed by atoms with Crippen molar-refractivity contribution in [3.05, 3.63) is 34.9 Å². The van der Waals surface area contributed by atoms with E-state index in [0.29, 0.717) is 11.3 Å². The van der Waals surface area contributed by atoms with Gasteiger partial charge in [0.05, 0.1) is 0 Å². The van der Waals surface area contributed by atoms with Gasteiger partial charge in [0.2, 0.25) is 0 Å². The van der Waals surface area contributed by atoms with Crippen LogP contribution in [0.15, 0.2) is 24.3 Å². The summed E-state index contributed by atoms with van der Waals surface area (Å²) in [6.07, 6.45) is 0. The number of hydrogen-bond acceptors (Lipinski definition) is 2. The molecule has 3 unspecified atom stereocenters. The van der Waals surface area contributed by atoms with Gasteiger partial charge >= 0.3 is 0 Å². The number of halogens is 1. The van der Waals surface area contributed by atoms with Gasteiger partial charge in [-0.05, 0) is 35.9 Å². The molecule has 88 valence electrons. The van der Waals surface area contributed by atoms with Gasteiger partial charge in [0, 0.05) is 16.3 Å². The van der Waals surface area contributed by atoms with E-state index in [9.17, 15) is 0 Å². The summed E-state index contributed by atoms with van der Waals surface area (Å²) in [5, 5.41) is 5.07. The largest absolute Gasteiger partial charge is 0.309 e. The van der Waals surface area contributed by atoms with E-state index in [0.717, 1.165) is 17.5 Å². The molecule has 0 bridgehead atoms. The van der Waals surface area contributed by atoms with Gasteiger partial charge < -0.3 is 5.32 Å². The predicted octanol–water partition coefficient (Wildman–Crippen LogP) is 3.74. The first-order valence-corrected chi connectivity index (χ1v) is 7.20. The fraction of sp³-hybridized carbons (Fsp3) is 0.538. The second-order valence-electron chi connectivity index (χ2n) is 4.58. The highest BCUT2D eigenvalue weighted by atomic mass is 35.5. The van der Waals surface area contributed by atoms with Crippen LogP contribution in [0.3, 0.4) is 0 Å². The third-order valence-electron chi connectivity index (χ3n) is 3.01. The summed E-state index contributed by atoms with van der Waals surface area (Å²) in [6, 6.07) is 8.63. The number of hydrogen-bond donors (Lipinski definition) is 1. The molecular formula is C13H18ClNS. The van der Waals surface area contributed by atoms with Crippen molar-refractivity contribution in [2.75, 3.05) is 12.3 Å². The summed E-state index contributed by atoms with van der Waals surface area (Å²) < 4.78 is 0. The van der Waals surface area contributed by atoms with Crippen LogP contribution in [0.5, 0.6) is 0 Å². The molecule has 0 amide bonds. The van der Waals surface area contributed by atoms with Crippen molar-refractivity contribution < 1.29 is 0 Å². The fourth-order valence-corrected chi connectivity index (χ4v) is 3.45. The lowest BCUT2D eigenvalue weighted by molar-refractivity contribution is 0.490. The first-order chi connectivity index (χ1) is 7.66. The van der Waals surface area contributed by atoms with Crippen LogP contribution in [0.2, 0.25) is 5.02 Å². The zero-order valence-electron chi connectivity index (χ0n) is 9.74. The van der Waals surface area contributed by atoms with Crippen molar-refractivity contribution in [3.8, 4) is 0 Å². The topological polar surface area (TPSA) is 12.0 Å². The summed E-state index contributed by atoms with van der Waals surface area (Å²) in [6.45, 7) is 5.68. The highest BCUT2D eigenvalue weighted by Gasteiger charge is 2.23. The van der Waals surface area contributed by atoms with E-state index >= 15 is 0 Å². The van der Waals surface area contributed by atoms with Gasteiger partial charge in [-0.3, -0.25) is 0 Å². The Hall–Kier alpha value is -0.180. The van der Waals surface area contributed by atoms with E-state index in [1.165, 1.54) is 11.3 Å². The lowest BCUT2D eigenvalue weighted by Gasteiger charge is -2.22. The van der Waals surface area contributed by atoms with E-state index in [-0.39, 0.29) is 0 Å². The van der Waals surface area contributed by atoms with Crippen molar-refractivity contribution in [2.24, 2.45) is 5.92 Å². The van der Waals surface area contributed by atoms with Crippen LogP contribution < -0.4 is 5.32 Å². The fourth-order valence-electron chi connectivity index (χ4n) is 2.05. The number of thioether (sulfide) groups is 1. The van der Waals surface area contributed by atoms with Gasteiger partial charge in [-0.15, -0.1) is 0 Å². The Morgan fingerprint density at radius 2 is 2.19 bits per heavy atom. The van der Waals surface area contributed by atoms with Crippen LogP contribution in [0, 0.1) is 5.92 Å². The first kappa shape index (κ1) is 12.3. The number of benzene rings is 1. The molecule has 1 aliphatic rings. The zero-order valence-corrected chi connectivity index (χ0v) is 11.3. The van der Waals surface area contributed by atoms with Gasteiger partial charge in [0.25, 0.3) is 0 Å². The molecule has 1 aromatic carbocycles. The average Bonchev–Trinajstić information content (AvgIpc) is 2.42. The maximum atomic E-state index is 6.05. The number of rotatable bonds is 1. The molecule has 0 spiro atoms. The Morgan fingerprint density at radius 1 is 1.38 bits per heavy atom. The van der Waals surface area contributed by atoms with Gasteiger partial charge in [0.15, 0.2) is 0 Å². The molecule has 2 rings (SSSR count). The Bertz CT molecular complexity index is 356. The van der Waals surface area contributed by atoms with Crippen LogP contribution >= 0.6 is 23.4 Å². The monoisotopic (exact) mass is 255 g/mol. The molecule has 1 aromatic rings. The SMILES string of the molecule is CC1CNC(c2cccc(Cl)c2)C(C)SC1. The Balaban J connectivity index is 2.18. The molecule has 16 heavy (non-hydrogen) atoms. The molecule has 3 heteroatoms. The van der Waals surface area contributed by atoms with Gasteiger partial charge in [-0.25, -0.2) is 0 Å². The highest BCUT2D eigenvalue weighted by Crippen LogP contribution is 2.31. The summed E-state index contributed by atoms with van der Waals surface area (Å²) in [7, 11) is 0. The van der Waals surface area contributed by atoms with Crippen molar-refractivity contribution in [3.63, 3.8) is 0 Å². The van der Waals surface area contributed by atoms with E-state index in [1.807, 2.05) is 12.1 Å². The summed E-state index contributed by atoms with van der Waals surface area (Å²) >= 11 is 8.10. The predicted molar refractivity (Wildman–Crippen MR) is 73.3 cm³/mol. The highest BCUT2D eigenvalue weighted by molar-refractivity contribution is 7.99. The zero-order chi connectivity index (χ0) is 11.5. The molecule has 0 aliphatic carbocycles. The maximum absolute atomic E-state index is 6.05. The molecule has 0 saturated carbocycles. The lowest BCUT2D eigenvalue weighted by Crippen LogP contribution is -2.28. The third kappa shape index (κ3) is 2.93. The van der Waals surface area contributed by atoms with Gasteiger partial charge in [-0.1, -0.05) is 37.6 Å². The second-order valence-corrected chi connectivity index (χ2v) is 6.43. The molecular weight excluding hydrogens is 238 g/mol. The summed E-state index contributed by atoms with van der Waals surface area (Å²) in [5.74, 6) is 1.99. The van der Waals surface area contributed by atoms with E-state index in [1.54, 1.807) is 0 Å². The number of nitrogens with one attached hydrogen (secondary N) is 1. The standard InChI is InChI=1S/C13H18ClNS/c1-9-7-15-13(10(2)16-8-9)11-4-3-5-12(14)6-11/h3-6,9-10,13,15H,7-8H2,1-2H3. The molecule has 3 atom stereocenters. The van der Waals surface area contributed by atoms with Crippen LogP contribution in [0.4, 0.5) is 0 Å². The molecule has 0 aromatic heterocycles. The van der Waals surface area contributed by atoms with E-state index in [4.69, 9.17) is 11.6 Å². The lowest BCUT2D eigenvalue weighted by atomic mass is 10.0. The van der Waals surface area contributed by atoms with Crippen molar-refractivity contribution in [1.82, 2.24) is 5.32 Å². The normalized spacial score (nSPS) is 31.1. The Kier molecular flexibility index (Phi) is 4.17. The maximum Gasteiger partial charge on any atom is 0.0438 e. The van der Waals surface area contributed by atoms with Crippen LogP contribution in [-0.2, 0) is 0 Å². The van der Waals surface area contributed by atoms with Gasteiger partial charge in [0.1, 0.15) is 0 Å². The quantitative estimate of drug-likeness (QED) is 0.821. The molecule has 1 aliphatic heterocycles. The van der Waals surface area contributed by atoms with Crippen LogP contribution in [0.25, 0.3) is 0 Å². The Labute approximate surface area is 107 Å². The van der Waals surface area contributed by atoms with Crippen molar-refractivity contribution >= 4 is 23.4 Å². The Morgan fingerprint density at radius 3 is 2.94 bits per heavy atom. The minimum Gasteiger partial charge on any atom is -0.309 e. The smallest absolute Gasteiger partial charge is 0.0438 e. The minimum atomic E-state index is 0.425.